The molecule has 2 heterocycles. The normalized spacial score (nSPS) is 15.3. The van der Waals surface area contributed by atoms with Crippen molar-refractivity contribution in [3.8, 4) is 5.75 Å². The quantitative estimate of drug-likeness (QED) is 0.879. The van der Waals surface area contributed by atoms with Crippen molar-refractivity contribution in [3.05, 3.63) is 45.8 Å². The van der Waals surface area contributed by atoms with Crippen molar-refractivity contribution in [2.75, 3.05) is 36.0 Å². The van der Waals surface area contributed by atoms with E-state index in [-0.39, 0.29) is 16.3 Å². The number of rotatable bonds is 2. The van der Waals surface area contributed by atoms with E-state index in [2.05, 4.69) is 15.1 Å². The second-order valence-corrected chi connectivity index (χ2v) is 5.24. The minimum Gasteiger partial charge on any atom is -0.506 e. The Morgan fingerprint density at radius 1 is 1.10 bits per heavy atom. The summed E-state index contributed by atoms with van der Waals surface area (Å²) in [4.78, 5) is 15.6. The van der Waals surface area contributed by atoms with Gasteiger partial charge in [-0.1, -0.05) is 23.7 Å². The van der Waals surface area contributed by atoms with Crippen molar-refractivity contribution >= 4 is 23.0 Å². The van der Waals surface area contributed by atoms with Crippen molar-refractivity contribution in [2.45, 2.75) is 0 Å². The van der Waals surface area contributed by atoms with Gasteiger partial charge in [0.2, 0.25) is 0 Å². The molecule has 110 valence electrons. The van der Waals surface area contributed by atoms with Crippen LogP contribution in [0.4, 0.5) is 11.4 Å². The van der Waals surface area contributed by atoms with Gasteiger partial charge in [0.15, 0.2) is 0 Å². The number of aromatic amines is 1. The van der Waals surface area contributed by atoms with Gasteiger partial charge in [0.1, 0.15) is 10.8 Å². The van der Waals surface area contributed by atoms with Crippen LogP contribution in [-0.2, 0) is 0 Å². The second kappa shape index (κ2) is 5.65. The molecule has 0 spiro atoms. The molecule has 1 aromatic heterocycles. The maximum atomic E-state index is 11.5. The molecule has 0 aliphatic carbocycles. The van der Waals surface area contributed by atoms with E-state index >= 15 is 0 Å². The smallest absolute Gasteiger partial charge is 0.285 e. The molecule has 7 heteroatoms. The first-order chi connectivity index (χ1) is 10.2. The molecule has 1 aliphatic heterocycles. The molecule has 1 fully saturated rings. The summed E-state index contributed by atoms with van der Waals surface area (Å²) in [6.45, 7) is 2.89. The average Bonchev–Trinajstić information content (AvgIpc) is 2.51. The lowest BCUT2D eigenvalue weighted by molar-refractivity contribution is 0.472. The molecule has 0 amide bonds. The predicted octanol–water partition coefficient (Wildman–Crippen LogP) is 1.46. The molecule has 0 unspecified atom stereocenters. The number of phenolic OH excluding ortho intramolecular Hbond substituents is 1. The number of benzene rings is 1. The van der Waals surface area contributed by atoms with Crippen molar-refractivity contribution in [3.63, 3.8) is 0 Å². The van der Waals surface area contributed by atoms with Crippen LogP contribution in [0.3, 0.4) is 0 Å². The number of para-hydroxylation sites is 2. The number of anilines is 2. The molecule has 6 nitrogen and oxygen atoms in total. The SMILES string of the molecule is O=c1[nH]ncc(N2CCN(c3ccccc3O)CC2)c1Cl. The maximum Gasteiger partial charge on any atom is 0.285 e. The number of hydrogen-bond acceptors (Lipinski definition) is 5. The summed E-state index contributed by atoms with van der Waals surface area (Å²) in [5.74, 6) is 0.279. The second-order valence-electron chi connectivity index (χ2n) is 4.86. The van der Waals surface area contributed by atoms with Gasteiger partial charge in [-0.2, -0.15) is 5.10 Å². The molecule has 1 saturated heterocycles. The van der Waals surface area contributed by atoms with Gasteiger partial charge >= 0.3 is 0 Å². The Morgan fingerprint density at radius 3 is 2.38 bits per heavy atom. The van der Waals surface area contributed by atoms with Crippen LogP contribution in [0.1, 0.15) is 0 Å². The molecule has 0 atom stereocenters. The fraction of sp³-hybridized carbons (Fsp3) is 0.286. The number of nitrogens with zero attached hydrogens (tertiary/aromatic N) is 3. The summed E-state index contributed by atoms with van der Waals surface area (Å²) in [6.07, 6.45) is 1.57. The van der Waals surface area contributed by atoms with E-state index in [0.717, 1.165) is 18.8 Å². The van der Waals surface area contributed by atoms with Crippen LogP contribution >= 0.6 is 11.6 Å². The maximum absolute atomic E-state index is 11.5. The van der Waals surface area contributed by atoms with E-state index in [1.165, 1.54) is 0 Å². The van der Waals surface area contributed by atoms with Crippen molar-refractivity contribution in [1.82, 2.24) is 10.2 Å². The average molecular weight is 307 g/mol. The van der Waals surface area contributed by atoms with Gasteiger partial charge in [0.05, 0.1) is 17.6 Å². The number of nitrogens with one attached hydrogen (secondary N) is 1. The molecule has 3 rings (SSSR count). The van der Waals surface area contributed by atoms with Crippen LogP contribution in [0.5, 0.6) is 5.75 Å². The predicted molar refractivity (Wildman–Crippen MR) is 82.4 cm³/mol. The highest BCUT2D eigenvalue weighted by Gasteiger charge is 2.21. The van der Waals surface area contributed by atoms with Gasteiger partial charge in [-0.3, -0.25) is 4.79 Å². The summed E-state index contributed by atoms with van der Waals surface area (Å²) in [5, 5.41) is 16.2. The first-order valence-electron chi connectivity index (χ1n) is 6.68. The van der Waals surface area contributed by atoms with E-state index in [4.69, 9.17) is 11.6 Å². The molecule has 2 aromatic rings. The summed E-state index contributed by atoms with van der Waals surface area (Å²) in [6, 6.07) is 7.28. The van der Waals surface area contributed by atoms with E-state index in [1.807, 2.05) is 17.0 Å². The monoisotopic (exact) mass is 306 g/mol. The first kappa shape index (κ1) is 13.8. The van der Waals surface area contributed by atoms with E-state index in [0.29, 0.717) is 18.8 Å². The molecule has 0 saturated carbocycles. The fourth-order valence-corrected chi connectivity index (χ4v) is 2.72. The Hall–Kier alpha value is -2.21. The molecule has 1 aliphatic rings. The first-order valence-corrected chi connectivity index (χ1v) is 7.05. The Labute approximate surface area is 126 Å². The zero-order valence-electron chi connectivity index (χ0n) is 11.3. The highest BCUT2D eigenvalue weighted by atomic mass is 35.5. The van der Waals surface area contributed by atoms with Crippen molar-refractivity contribution < 1.29 is 5.11 Å². The Bertz CT molecular complexity index is 695. The number of phenols is 1. The van der Waals surface area contributed by atoms with Crippen LogP contribution in [0, 0.1) is 0 Å². The Morgan fingerprint density at radius 2 is 1.71 bits per heavy atom. The minimum atomic E-state index is -0.377. The highest BCUT2D eigenvalue weighted by molar-refractivity contribution is 6.33. The largest absolute Gasteiger partial charge is 0.506 e. The lowest BCUT2D eigenvalue weighted by Gasteiger charge is -2.37. The molecule has 21 heavy (non-hydrogen) atoms. The van der Waals surface area contributed by atoms with Crippen molar-refractivity contribution in [2.24, 2.45) is 0 Å². The van der Waals surface area contributed by atoms with Gasteiger partial charge in [-0.15, -0.1) is 0 Å². The number of H-pyrrole nitrogens is 1. The van der Waals surface area contributed by atoms with Gasteiger partial charge < -0.3 is 14.9 Å². The molecule has 0 radical (unpaired) electrons. The summed E-state index contributed by atoms with van der Waals surface area (Å²) in [7, 11) is 0. The molecule has 0 bridgehead atoms. The van der Waals surface area contributed by atoms with Crippen LogP contribution in [0.15, 0.2) is 35.3 Å². The standard InChI is InChI=1S/C14H15ClN4O2/c15-13-11(9-16-17-14(13)21)19-7-5-18(6-8-19)10-3-1-2-4-12(10)20/h1-4,9,20H,5-8H2,(H,17,21). The van der Waals surface area contributed by atoms with Gasteiger partial charge in [0, 0.05) is 26.2 Å². The number of aromatic nitrogens is 2. The topological polar surface area (TPSA) is 72.5 Å². The molecule has 2 N–H and O–H groups in total. The lowest BCUT2D eigenvalue weighted by atomic mass is 10.2. The minimum absolute atomic E-state index is 0.168. The van der Waals surface area contributed by atoms with Crippen LogP contribution in [0.2, 0.25) is 5.02 Å². The zero-order valence-corrected chi connectivity index (χ0v) is 12.0. The van der Waals surface area contributed by atoms with E-state index in [1.54, 1.807) is 18.3 Å². The molecule has 1 aromatic carbocycles. The molecular formula is C14H15ClN4O2. The van der Waals surface area contributed by atoms with Gasteiger partial charge in [0.25, 0.3) is 5.56 Å². The Kier molecular flexibility index (Phi) is 3.70. The van der Waals surface area contributed by atoms with E-state index < -0.39 is 0 Å². The van der Waals surface area contributed by atoms with Crippen LogP contribution in [-0.4, -0.2) is 41.5 Å². The van der Waals surface area contributed by atoms with E-state index in [9.17, 15) is 9.90 Å². The number of aromatic hydroxyl groups is 1. The van der Waals surface area contributed by atoms with Crippen LogP contribution < -0.4 is 15.4 Å². The third kappa shape index (κ3) is 2.67. The number of piperazine rings is 1. The third-order valence-electron chi connectivity index (χ3n) is 3.62. The fourth-order valence-electron chi connectivity index (χ4n) is 2.51. The zero-order chi connectivity index (χ0) is 14.8. The highest BCUT2D eigenvalue weighted by Crippen LogP contribution is 2.29. The van der Waals surface area contributed by atoms with Gasteiger partial charge in [-0.25, -0.2) is 5.10 Å². The summed E-state index contributed by atoms with van der Waals surface area (Å²) >= 11 is 6.03. The third-order valence-corrected chi connectivity index (χ3v) is 3.99. The van der Waals surface area contributed by atoms with Gasteiger partial charge in [-0.05, 0) is 12.1 Å². The summed E-state index contributed by atoms with van der Waals surface area (Å²) in [5.41, 5.74) is 1.10. The number of hydrogen-bond donors (Lipinski definition) is 2. The van der Waals surface area contributed by atoms with Crippen LogP contribution in [0.25, 0.3) is 0 Å². The van der Waals surface area contributed by atoms with Crippen molar-refractivity contribution in [1.29, 1.82) is 0 Å². The number of halogens is 1. The molecular weight excluding hydrogens is 292 g/mol. The summed E-state index contributed by atoms with van der Waals surface area (Å²) < 4.78 is 0. The Balaban J connectivity index is 1.75. The lowest BCUT2D eigenvalue weighted by Crippen LogP contribution is -2.47.